The van der Waals surface area contributed by atoms with Gasteiger partial charge in [0.15, 0.2) is 0 Å². The number of nitrogens with one attached hydrogen (secondary N) is 2. The number of ether oxygens (including phenoxy) is 1. The summed E-state index contributed by atoms with van der Waals surface area (Å²) < 4.78 is 5.07. The summed E-state index contributed by atoms with van der Waals surface area (Å²) in [6, 6.07) is 10.9. The Balaban J connectivity index is 1.71. The molecule has 0 spiro atoms. The molecule has 1 heterocycles. The Bertz CT molecular complexity index is 555. The van der Waals surface area contributed by atoms with Gasteiger partial charge in [0, 0.05) is 11.4 Å². The monoisotopic (exact) mass is 306 g/mol. The summed E-state index contributed by atoms with van der Waals surface area (Å²) in [5.41, 5.74) is 0.977. The van der Waals surface area contributed by atoms with Crippen molar-refractivity contribution in [2.75, 3.05) is 13.7 Å². The van der Waals surface area contributed by atoms with Crippen molar-refractivity contribution in [3.8, 4) is 5.75 Å². The molecule has 0 bridgehead atoms. The quantitative estimate of drug-likeness (QED) is 0.767. The van der Waals surface area contributed by atoms with Crippen molar-refractivity contribution in [3.63, 3.8) is 0 Å². The van der Waals surface area contributed by atoms with Crippen LogP contribution in [0.3, 0.4) is 0 Å². The molecule has 0 aliphatic carbocycles. The van der Waals surface area contributed by atoms with Crippen molar-refractivity contribution < 1.29 is 14.6 Å². The third-order valence-corrected chi connectivity index (χ3v) is 3.91. The van der Waals surface area contributed by atoms with E-state index < -0.39 is 6.10 Å². The first-order chi connectivity index (χ1) is 10.2. The van der Waals surface area contributed by atoms with Gasteiger partial charge in [0.25, 0.3) is 0 Å². The summed E-state index contributed by atoms with van der Waals surface area (Å²) >= 11 is 1.46. The molecule has 0 saturated carbocycles. The Labute approximate surface area is 127 Å². The van der Waals surface area contributed by atoms with Crippen molar-refractivity contribution >= 4 is 17.4 Å². The number of carbonyl (C=O) groups is 1. The highest BCUT2D eigenvalue weighted by Crippen LogP contribution is 2.17. The molecule has 0 aliphatic rings. The second-order valence-electron chi connectivity index (χ2n) is 4.44. The first kappa shape index (κ1) is 15.3. The topological polar surface area (TPSA) is 70.6 Å². The maximum Gasteiger partial charge on any atom is 0.315 e. The zero-order valence-electron chi connectivity index (χ0n) is 11.7. The molecule has 0 radical (unpaired) electrons. The third-order valence-electron chi connectivity index (χ3n) is 2.94. The van der Waals surface area contributed by atoms with Gasteiger partial charge in [-0.2, -0.15) is 0 Å². The molecule has 21 heavy (non-hydrogen) atoms. The predicted molar refractivity (Wildman–Crippen MR) is 82.5 cm³/mol. The fraction of sp³-hybridized carbons (Fsp3) is 0.267. The standard InChI is InChI=1S/C15H18N2O3S/c1-20-12-6-4-11(5-7-12)9-16-15(19)17-10-13(18)14-3-2-8-21-14/h2-8,13,18H,9-10H2,1H3,(H2,16,17,19)/t13-/m1/s1. The Hall–Kier alpha value is -2.05. The molecule has 0 aliphatic heterocycles. The number of hydrogen-bond donors (Lipinski definition) is 3. The Morgan fingerprint density at radius 3 is 2.67 bits per heavy atom. The lowest BCUT2D eigenvalue weighted by Gasteiger charge is -2.11. The highest BCUT2D eigenvalue weighted by molar-refractivity contribution is 7.10. The average Bonchev–Trinajstić information content (AvgIpc) is 3.05. The summed E-state index contributed by atoms with van der Waals surface area (Å²) in [7, 11) is 1.61. The van der Waals surface area contributed by atoms with Gasteiger partial charge in [-0.25, -0.2) is 4.79 Å². The second-order valence-corrected chi connectivity index (χ2v) is 5.42. The van der Waals surface area contributed by atoms with E-state index in [2.05, 4.69) is 10.6 Å². The number of rotatable bonds is 6. The number of aliphatic hydroxyl groups excluding tert-OH is 1. The van der Waals surface area contributed by atoms with Crippen LogP contribution in [0.25, 0.3) is 0 Å². The van der Waals surface area contributed by atoms with Crippen LogP contribution in [-0.4, -0.2) is 24.8 Å². The molecular weight excluding hydrogens is 288 g/mol. The van der Waals surface area contributed by atoms with Gasteiger partial charge in [0.05, 0.1) is 13.7 Å². The van der Waals surface area contributed by atoms with Crippen molar-refractivity contribution in [2.45, 2.75) is 12.6 Å². The van der Waals surface area contributed by atoms with Gasteiger partial charge in [-0.15, -0.1) is 11.3 Å². The van der Waals surface area contributed by atoms with Crippen molar-refractivity contribution in [3.05, 3.63) is 52.2 Å². The van der Waals surface area contributed by atoms with Crippen molar-refractivity contribution in [2.24, 2.45) is 0 Å². The van der Waals surface area contributed by atoms with Gasteiger partial charge < -0.3 is 20.5 Å². The Morgan fingerprint density at radius 2 is 2.05 bits per heavy atom. The van der Waals surface area contributed by atoms with E-state index in [0.29, 0.717) is 6.54 Å². The van der Waals surface area contributed by atoms with E-state index in [0.717, 1.165) is 16.2 Å². The number of thiophene rings is 1. The second kappa shape index (κ2) is 7.66. The predicted octanol–water partition coefficient (Wildman–Crippen LogP) is 2.29. The highest BCUT2D eigenvalue weighted by Gasteiger charge is 2.09. The number of amides is 2. The Morgan fingerprint density at radius 1 is 1.29 bits per heavy atom. The maximum absolute atomic E-state index is 11.7. The molecule has 1 atom stereocenters. The van der Waals surface area contributed by atoms with Crippen LogP contribution in [0.2, 0.25) is 0 Å². The fourth-order valence-corrected chi connectivity index (χ4v) is 2.47. The van der Waals surface area contributed by atoms with Gasteiger partial charge in [-0.3, -0.25) is 0 Å². The summed E-state index contributed by atoms with van der Waals surface area (Å²) in [5.74, 6) is 0.780. The molecule has 2 aromatic rings. The normalized spacial score (nSPS) is 11.7. The summed E-state index contributed by atoms with van der Waals surface area (Å²) in [4.78, 5) is 12.5. The number of urea groups is 1. The van der Waals surface area contributed by atoms with Crippen LogP contribution in [0.15, 0.2) is 41.8 Å². The van der Waals surface area contributed by atoms with Gasteiger partial charge in [0.2, 0.25) is 0 Å². The summed E-state index contributed by atoms with van der Waals surface area (Å²) in [5, 5.41) is 17.1. The van der Waals surface area contributed by atoms with E-state index in [1.807, 2.05) is 41.8 Å². The van der Waals surface area contributed by atoms with Crippen LogP contribution < -0.4 is 15.4 Å². The van der Waals surface area contributed by atoms with E-state index in [1.54, 1.807) is 7.11 Å². The lowest BCUT2D eigenvalue weighted by atomic mass is 10.2. The van der Waals surface area contributed by atoms with Gasteiger partial charge in [0.1, 0.15) is 11.9 Å². The molecule has 3 N–H and O–H groups in total. The van der Waals surface area contributed by atoms with Crippen molar-refractivity contribution in [1.82, 2.24) is 10.6 Å². The van der Waals surface area contributed by atoms with Crippen LogP contribution in [0.4, 0.5) is 4.79 Å². The molecule has 0 fully saturated rings. The van der Waals surface area contributed by atoms with Gasteiger partial charge >= 0.3 is 6.03 Å². The average molecular weight is 306 g/mol. The fourth-order valence-electron chi connectivity index (χ4n) is 1.76. The lowest BCUT2D eigenvalue weighted by Crippen LogP contribution is -2.37. The third kappa shape index (κ3) is 4.77. The minimum absolute atomic E-state index is 0.189. The minimum atomic E-state index is -0.670. The van der Waals surface area contributed by atoms with Gasteiger partial charge in [-0.05, 0) is 29.1 Å². The smallest absolute Gasteiger partial charge is 0.315 e. The molecule has 6 heteroatoms. The molecule has 5 nitrogen and oxygen atoms in total. The van der Waals surface area contributed by atoms with Crippen molar-refractivity contribution in [1.29, 1.82) is 0 Å². The molecule has 112 valence electrons. The SMILES string of the molecule is COc1ccc(CNC(=O)NC[C@@H](O)c2cccs2)cc1. The summed E-state index contributed by atoms with van der Waals surface area (Å²) in [6.07, 6.45) is -0.670. The minimum Gasteiger partial charge on any atom is -0.497 e. The van der Waals surface area contributed by atoms with Crippen LogP contribution in [-0.2, 0) is 6.54 Å². The molecule has 1 aromatic carbocycles. The number of methoxy groups -OCH3 is 1. The van der Waals surface area contributed by atoms with Gasteiger partial charge in [-0.1, -0.05) is 18.2 Å². The molecular formula is C15H18N2O3S. The first-order valence-corrected chi connectivity index (χ1v) is 7.43. The van der Waals surface area contributed by atoms with Crippen LogP contribution >= 0.6 is 11.3 Å². The molecule has 0 unspecified atom stereocenters. The summed E-state index contributed by atoms with van der Waals surface area (Å²) in [6.45, 7) is 0.611. The number of carbonyl (C=O) groups excluding carboxylic acids is 1. The molecule has 1 aromatic heterocycles. The maximum atomic E-state index is 11.7. The van der Waals surface area contributed by atoms with E-state index in [4.69, 9.17) is 4.74 Å². The molecule has 2 rings (SSSR count). The molecule has 0 saturated heterocycles. The van der Waals surface area contributed by atoms with E-state index in [9.17, 15) is 9.90 Å². The zero-order chi connectivity index (χ0) is 15.1. The zero-order valence-corrected chi connectivity index (χ0v) is 12.5. The lowest BCUT2D eigenvalue weighted by molar-refractivity contribution is 0.176. The largest absolute Gasteiger partial charge is 0.497 e. The van der Waals surface area contributed by atoms with Crippen LogP contribution in [0, 0.1) is 0 Å². The van der Waals surface area contributed by atoms with Crippen LogP contribution in [0.1, 0.15) is 16.5 Å². The number of aliphatic hydroxyl groups is 1. The number of hydrogen-bond acceptors (Lipinski definition) is 4. The molecule has 2 amide bonds. The first-order valence-electron chi connectivity index (χ1n) is 6.55. The highest BCUT2D eigenvalue weighted by atomic mass is 32.1. The van der Waals surface area contributed by atoms with E-state index in [1.165, 1.54) is 11.3 Å². The Kier molecular flexibility index (Phi) is 5.59. The van der Waals surface area contributed by atoms with E-state index >= 15 is 0 Å². The van der Waals surface area contributed by atoms with E-state index in [-0.39, 0.29) is 12.6 Å². The number of benzene rings is 1. The van der Waals surface area contributed by atoms with Crippen LogP contribution in [0.5, 0.6) is 5.75 Å².